The van der Waals surface area contributed by atoms with E-state index in [0.717, 1.165) is 31.7 Å². The molecule has 2 atom stereocenters. The van der Waals surface area contributed by atoms with Crippen molar-refractivity contribution in [2.45, 2.75) is 32.4 Å². The van der Waals surface area contributed by atoms with Crippen molar-refractivity contribution >= 4 is 11.7 Å². The number of rotatable bonds is 7. The van der Waals surface area contributed by atoms with Crippen molar-refractivity contribution in [3.63, 3.8) is 0 Å². The summed E-state index contributed by atoms with van der Waals surface area (Å²) in [5, 5.41) is 0. The van der Waals surface area contributed by atoms with Crippen LogP contribution >= 0.6 is 0 Å². The number of carbonyl (C=O) groups excluding carboxylic acids is 1. The second-order valence-electron chi connectivity index (χ2n) is 6.21. The zero-order valence-corrected chi connectivity index (χ0v) is 14.2. The van der Waals surface area contributed by atoms with Gasteiger partial charge in [-0.3, -0.25) is 14.8 Å². The van der Waals surface area contributed by atoms with Crippen LogP contribution in [0.15, 0.2) is 31.0 Å². The number of hydrogen-bond donors (Lipinski definition) is 1. The highest BCUT2D eigenvalue weighted by Crippen LogP contribution is 2.24. The molecule has 1 aliphatic rings. The zero-order chi connectivity index (χ0) is 17.6. The molecular formula is C17H22N6O2. The first-order valence-electron chi connectivity index (χ1n) is 8.37. The Balaban J connectivity index is 1.78. The molecule has 3 heterocycles. The summed E-state index contributed by atoms with van der Waals surface area (Å²) in [4.78, 5) is 30.1. The highest BCUT2D eigenvalue weighted by molar-refractivity contribution is 5.91. The van der Waals surface area contributed by atoms with Gasteiger partial charge in [-0.05, 0) is 18.8 Å². The lowest BCUT2D eigenvalue weighted by molar-refractivity contribution is 0.0884. The molecule has 132 valence electrons. The van der Waals surface area contributed by atoms with Gasteiger partial charge in [0.25, 0.3) is 5.91 Å². The van der Waals surface area contributed by atoms with Gasteiger partial charge in [-0.2, -0.15) is 0 Å². The van der Waals surface area contributed by atoms with Crippen molar-refractivity contribution in [2.75, 3.05) is 18.1 Å². The fourth-order valence-corrected chi connectivity index (χ4v) is 2.94. The van der Waals surface area contributed by atoms with Crippen molar-refractivity contribution in [1.29, 1.82) is 0 Å². The van der Waals surface area contributed by atoms with Crippen LogP contribution in [0.5, 0.6) is 0 Å². The van der Waals surface area contributed by atoms with E-state index in [4.69, 9.17) is 10.5 Å². The van der Waals surface area contributed by atoms with E-state index < -0.39 is 5.91 Å². The second kappa shape index (κ2) is 7.98. The summed E-state index contributed by atoms with van der Waals surface area (Å²) < 4.78 is 5.80. The molecule has 0 aliphatic carbocycles. The van der Waals surface area contributed by atoms with Gasteiger partial charge in [0.1, 0.15) is 17.8 Å². The Hall–Kier alpha value is -2.61. The number of ether oxygens (including phenoxy) is 1. The van der Waals surface area contributed by atoms with E-state index in [1.807, 2.05) is 4.90 Å². The summed E-state index contributed by atoms with van der Waals surface area (Å²) >= 11 is 0. The standard InChI is InChI=1S/C17H22N6O2/c1-12-3-7-25-15(12)2-6-23(10-13-9-19-4-5-20-13)16-8-14(17(18)24)21-11-22-16/h4-5,8-9,11-12,15H,2-3,6-7,10H2,1H3,(H2,18,24)/t12-,15-/m1/s1. The van der Waals surface area contributed by atoms with E-state index in [9.17, 15) is 4.79 Å². The fraction of sp³-hybridized carbons (Fsp3) is 0.471. The molecular weight excluding hydrogens is 320 g/mol. The first-order valence-corrected chi connectivity index (χ1v) is 8.37. The molecule has 1 aliphatic heterocycles. The number of carbonyl (C=O) groups is 1. The lowest BCUT2D eigenvalue weighted by atomic mass is 10.0. The Labute approximate surface area is 146 Å². The number of nitrogens with zero attached hydrogens (tertiary/aromatic N) is 5. The molecule has 0 bridgehead atoms. The molecule has 2 aromatic rings. The van der Waals surface area contributed by atoms with Crippen molar-refractivity contribution < 1.29 is 9.53 Å². The minimum Gasteiger partial charge on any atom is -0.378 e. The third kappa shape index (κ3) is 4.48. The summed E-state index contributed by atoms with van der Waals surface area (Å²) in [5.41, 5.74) is 6.35. The van der Waals surface area contributed by atoms with Gasteiger partial charge in [0.2, 0.25) is 0 Å². The number of hydrogen-bond acceptors (Lipinski definition) is 7. The molecule has 1 amide bonds. The van der Waals surface area contributed by atoms with Crippen LogP contribution in [0.25, 0.3) is 0 Å². The molecule has 8 nitrogen and oxygen atoms in total. The summed E-state index contributed by atoms with van der Waals surface area (Å²) in [5.74, 6) is 0.612. The largest absolute Gasteiger partial charge is 0.378 e. The average Bonchev–Trinajstić information content (AvgIpc) is 3.04. The van der Waals surface area contributed by atoms with Crippen molar-refractivity contribution in [3.05, 3.63) is 42.4 Å². The second-order valence-corrected chi connectivity index (χ2v) is 6.21. The molecule has 0 radical (unpaired) electrons. The minimum absolute atomic E-state index is 0.194. The maximum Gasteiger partial charge on any atom is 0.267 e. The average molecular weight is 342 g/mol. The van der Waals surface area contributed by atoms with Crippen LogP contribution in [0, 0.1) is 5.92 Å². The van der Waals surface area contributed by atoms with Crippen molar-refractivity contribution in [3.8, 4) is 0 Å². The highest BCUT2D eigenvalue weighted by Gasteiger charge is 2.25. The van der Waals surface area contributed by atoms with Gasteiger partial charge in [-0.1, -0.05) is 6.92 Å². The number of aromatic nitrogens is 4. The van der Waals surface area contributed by atoms with Crippen LogP contribution in [0.1, 0.15) is 35.9 Å². The Kier molecular flexibility index (Phi) is 5.49. The quantitative estimate of drug-likeness (QED) is 0.805. The molecule has 25 heavy (non-hydrogen) atoms. The van der Waals surface area contributed by atoms with Gasteiger partial charge in [-0.15, -0.1) is 0 Å². The van der Waals surface area contributed by atoms with Gasteiger partial charge >= 0.3 is 0 Å². The van der Waals surface area contributed by atoms with Crippen LogP contribution < -0.4 is 10.6 Å². The summed E-state index contributed by atoms with van der Waals surface area (Å²) in [6.45, 7) is 4.28. The fourth-order valence-electron chi connectivity index (χ4n) is 2.94. The van der Waals surface area contributed by atoms with Crippen LogP contribution in [-0.2, 0) is 11.3 Å². The molecule has 0 spiro atoms. The molecule has 1 fully saturated rings. The predicted molar refractivity (Wildman–Crippen MR) is 91.8 cm³/mol. The Bertz CT molecular complexity index is 711. The molecule has 3 rings (SSSR count). The molecule has 2 N–H and O–H groups in total. The Morgan fingerprint density at radius 2 is 2.24 bits per heavy atom. The zero-order valence-electron chi connectivity index (χ0n) is 14.2. The monoisotopic (exact) mass is 342 g/mol. The van der Waals surface area contributed by atoms with E-state index in [1.54, 1.807) is 24.7 Å². The van der Waals surface area contributed by atoms with Gasteiger partial charge in [0, 0.05) is 31.6 Å². The van der Waals surface area contributed by atoms with E-state index >= 15 is 0 Å². The lowest BCUT2D eigenvalue weighted by Crippen LogP contribution is -2.30. The maximum atomic E-state index is 11.4. The Morgan fingerprint density at radius 1 is 1.36 bits per heavy atom. The Morgan fingerprint density at radius 3 is 2.92 bits per heavy atom. The first-order chi connectivity index (χ1) is 12.1. The van der Waals surface area contributed by atoms with Gasteiger partial charge in [0.15, 0.2) is 0 Å². The van der Waals surface area contributed by atoms with Crippen LogP contribution in [0.2, 0.25) is 0 Å². The van der Waals surface area contributed by atoms with Crippen LogP contribution in [0.3, 0.4) is 0 Å². The summed E-state index contributed by atoms with van der Waals surface area (Å²) in [6, 6.07) is 1.61. The number of primary amides is 1. The van der Waals surface area contributed by atoms with Crippen molar-refractivity contribution in [1.82, 2.24) is 19.9 Å². The lowest BCUT2D eigenvalue weighted by Gasteiger charge is -2.25. The van der Waals surface area contributed by atoms with Crippen molar-refractivity contribution in [2.24, 2.45) is 11.7 Å². The van der Waals surface area contributed by atoms with E-state index in [0.29, 0.717) is 18.3 Å². The normalized spacial score (nSPS) is 19.7. The molecule has 0 saturated carbocycles. The topological polar surface area (TPSA) is 107 Å². The first kappa shape index (κ1) is 17.2. The van der Waals surface area contributed by atoms with Crippen LogP contribution in [-0.4, -0.2) is 45.1 Å². The van der Waals surface area contributed by atoms with Crippen LogP contribution in [0.4, 0.5) is 5.82 Å². The molecule has 8 heteroatoms. The van der Waals surface area contributed by atoms with Gasteiger partial charge in [-0.25, -0.2) is 9.97 Å². The number of nitrogens with two attached hydrogens (primary N) is 1. The SMILES string of the molecule is C[C@@H]1CCO[C@@H]1CCN(Cc1cnccn1)c1cc(C(N)=O)ncn1. The molecule has 0 unspecified atom stereocenters. The number of anilines is 1. The highest BCUT2D eigenvalue weighted by atomic mass is 16.5. The maximum absolute atomic E-state index is 11.4. The summed E-state index contributed by atoms with van der Waals surface area (Å²) in [7, 11) is 0. The minimum atomic E-state index is -0.573. The molecule has 2 aromatic heterocycles. The van der Waals surface area contributed by atoms with E-state index in [-0.39, 0.29) is 11.8 Å². The molecule has 1 saturated heterocycles. The summed E-state index contributed by atoms with van der Waals surface area (Å²) in [6.07, 6.45) is 8.57. The van der Waals surface area contributed by atoms with E-state index in [1.165, 1.54) is 6.33 Å². The number of amides is 1. The van der Waals surface area contributed by atoms with E-state index in [2.05, 4.69) is 26.9 Å². The van der Waals surface area contributed by atoms with Gasteiger partial charge in [0.05, 0.1) is 24.5 Å². The third-order valence-corrected chi connectivity index (χ3v) is 4.42. The third-order valence-electron chi connectivity index (χ3n) is 4.42. The predicted octanol–water partition coefficient (Wildman–Crippen LogP) is 1.19. The molecule has 0 aromatic carbocycles. The van der Waals surface area contributed by atoms with Gasteiger partial charge < -0.3 is 15.4 Å². The smallest absolute Gasteiger partial charge is 0.267 e.